The third-order valence-corrected chi connectivity index (χ3v) is 6.81. The van der Waals surface area contributed by atoms with Crippen LogP contribution in [0.1, 0.15) is 37.6 Å². The van der Waals surface area contributed by atoms with Gasteiger partial charge in [-0.05, 0) is 25.3 Å². The number of aromatic nitrogens is 2. The zero-order chi connectivity index (χ0) is 22.0. The van der Waals surface area contributed by atoms with Gasteiger partial charge in [-0.25, -0.2) is 0 Å². The van der Waals surface area contributed by atoms with Gasteiger partial charge in [0.1, 0.15) is 0 Å². The van der Waals surface area contributed by atoms with E-state index in [1.54, 1.807) is 0 Å². The number of carbonyl (C=O) groups excluding carboxylic acids is 1. The minimum Gasteiger partial charge on any atom is -0.356 e. The molecule has 1 unspecified atom stereocenters. The van der Waals surface area contributed by atoms with Crippen LogP contribution in [-0.2, 0) is 24.4 Å². The van der Waals surface area contributed by atoms with Crippen LogP contribution < -0.4 is 5.32 Å². The van der Waals surface area contributed by atoms with Gasteiger partial charge in [0.2, 0.25) is 5.91 Å². The molecule has 3 heterocycles. The minimum atomic E-state index is 0.0600. The number of nitrogens with one attached hydrogen (secondary N) is 1. The first-order valence-corrected chi connectivity index (χ1v) is 11.7. The Morgan fingerprint density at radius 3 is 2.52 bits per heavy atom. The highest BCUT2D eigenvalue weighted by Crippen LogP contribution is 2.45. The van der Waals surface area contributed by atoms with Crippen LogP contribution in [0.5, 0.6) is 0 Å². The second-order valence-corrected chi connectivity index (χ2v) is 9.95. The number of aryl methyl sites for hydroxylation is 2. The van der Waals surface area contributed by atoms with Crippen molar-refractivity contribution in [2.45, 2.75) is 47.3 Å². The van der Waals surface area contributed by atoms with Crippen molar-refractivity contribution in [2.75, 3.05) is 32.7 Å². The van der Waals surface area contributed by atoms with E-state index < -0.39 is 0 Å². The standard InChI is InChI=1S/C25H37N5O/c1-5-30-14-22(20(4)27-30)13-29-17-25(18-29)16-28(12-21-9-7-6-8-10-21)15-23(25)24(31)26-11-19(2)3/h6-10,14,19,23H,5,11-13,15-18H2,1-4H3,(H,26,31). The van der Waals surface area contributed by atoms with Gasteiger partial charge in [0, 0.05) is 69.5 Å². The molecule has 31 heavy (non-hydrogen) atoms. The smallest absolute Gasteiger partial charge is 0.225 e. The summed E-state index contributed by atoms with van der Waals surface area (Å²) < 4.78 is 2.01. The molecule has 1 spiro atoms. The summed E-state index contributed by atoms with van der Waals surface area (Å²) in [6.07, 6.45) is 2.17. The van der Waals surface area contributed by atoms with Crippen molar-refractivity contribution in [2.24, 2.45) is 17.3 Å². The number of benzene rings is 1. The first-order chi connectivity index (χ1) is 14.9. The van der Waals surface area contributed by atoms with Crippen molar-refractivity contribution in [1.29, 1.82) is 0 Å². The van der Waals surface area contributed by atoms with Gasteiger partial charge < -0.3 is 5.32 Å². The molecule has 0 saturated carbocycles. The molecule has 168 valence electrons. The number of nitrogens with zero attached hydrogens (tertiary/aromatic N) is 4. The molecule has 2 fully saturated rings. The lowest BCUT2D eigenvalue weighted by Crippen LogP contribution is -2.62. The SMILES string of the molecule is CCn1cc(CN2CC3(CN(Cc4ccccc4)CC3C(=O)NCC(C)C)C2)c(C)n1. The molecule has 1 N–H and O–H groups in total. The maximum Gasteiger partial charge on any atom is 0.225 e. The summed E-state index contributed by atoms with van der Waals surface area (Å²) in [5.41, 5.74) is 3.80. The molecule has 2 saturated heterocycles. The fraction of sp³-hybridized carbons (Fsp3) is 0.600. The number of carbonyl (C=O) groups is 1. The maximum absolute atomic E-state index is 13.1. The summed E-state index contributed by atoms with van der Waals surface area (Å²) in [5, 5.41) is 7.81. The molecular formula is C25H37N5O. The fourth-order valence-electron chi connectivity index (χ4n) is 5.22. The Balaban J connectivity index is 1.44. The molecular weight excluding hydrogens is 386 g/mol. The van der Waals surface area contributed by atoms with Crippen LogP contribution >= 0.6 is 0 Å². The Hall–Kier alpha value is -2.18. The first kappa shape index (κ1) is 22.0. The van der Waals surface area contributed by atoms with E-state index in [0.29, 0.717) is 5.92 Å². The summed E-state index contributed by atoms with van der Waals surface area (Å²) in [6, 6.07) is 10.6. The minimum absolute atomic E-state index is 0.0600. The molecule has 6 heteroatoms. The van der Waals surface area contributed by atoms with Crippen LogP contribution in [0, 0.1) is 24.2 Å². The largest absolute Gasteiger partial charge is 0.356 e. The summed E-state index contributed by atoms with van der Waals surface area (Å²) in [7, 11) is 0. The molecule has 2 aliphatic rings. The Kier molecular flexibility index (Phi) is 6.49. The Labute approximate surface area is 186 Å². The fourth-order valence-corrected chi connectivity index (χ4v) is 5.22. The Morgan fingerprint density at radius 1 is 1.16 bits per heavy atom. The van der Waals surface area contributed by atoms with Gasteiger partial charge in [-0.1, -0.05) is 44.2 Å². The normalized spacial score (nSPS) is 21.0. The van der Waals surface area contributed by atoms with E-state index in [2.05, 4.69) is 84.4 Å². The van der Waals surface area contributed by atoms with Crippen molar-refractivity contribution in [3.05, 3.63) is 53.3 Å². The second-order valence-electron chi connectivity index (χ2n) is 9.95. The highest BCUT2D eigenvalue weighted by atomic mass is 16.2. The lowest BCUT2D eigenvalue weighted by Gasteiger charge is -2.50. The second kappa shape index (κ2) is 9.13. The van der Waals surface area contributed by atoms with E-state index in [4.69, 9.17) is 0 Å². The van der Waals surface area contributed by atoms with Gasteiger partial charge >= 0.3 is 0 Å². The lowest BCUT2D eigenvalue weighted by molar-refractivity contribution is -0.133. The van der Waals surface area contributed by atoms with Gasteiger partial charge in [0.05, 0.1) is 11.6 Å². The van der Waals surface area contributed by atoms with E-state index >= 15 is 0 Å². The van der Waals surface area contributed by atoms with Crippen molar-refractivity contribution < 1.29 is 4.79 Å². The van der Waals surface area contributed by atoms with Crippen LogP contribution in [0.25, 0.3) is 0 Å². The topological polar surface area (TPSA) is 53.4 Å². The van der Waals surface area contributed by atoms with Crippen LogP contribution in [-0.4, -0.2) is 58.2 Å². The van der Waals surface area contributed by atoms with Crippen LogP contribution in [0.15, 0.2) is 36.5 Å². The summed E-state index contributed by atoms with van der Waals surface area (Å²) >= 11 is 0. The number of amides is 1. The summed E-state index contributed by atoms with van der Waals surface area (Å²) in [4.78, 5) is 18.1. The van der Waals surface area contributed by atoms with Crippen LogP contribution in [0.4, 0.5) is 0 Å². The van der Waals surface area contributed by atoms with Crippen LogP contribution in [0.3, 0.4) is 0 Å². The molecule has 0 bridgehead atoms. The highest BCUT2D eigenvalue weighted by Gasteiger charge is 2.56. The molecule has 2 aromatic rings. The zero-order valence-corrected chi connectivity index (χ0v) is 19.5. The van der Waals surface area contributed by atoms with Gasteiger partial charge in [-0.3, -0.25) is 19.3 Å². The van der Waals surface area contributed by atoms with Crippen molar-refractivity contribution in [3.63, 3.8) is 0 Å². The molecule has 1 aromatic carbocycles. The Morgan fingerprint density at radius 2 is 1.87 bits per heavy atom. The number of rotatable bonds is 8. The lowest BCUT2D eigenvalue weighted by atomic mass is 9.71. The monoisotopic (exact) mass is 423 g/mol. The Bertz CT molecular complexity index is 885. The molecule has 2 aliphatic heterocycles. The third kappa shape index (κ3) is 4.85. The molecule has 4 rings (SSSR count). The number of hydrogen-bond acceptors (Lipinski definition) is 4. The van der Waals surface area contributed by atoms with Crippen molar-refractivity contribution in [1.82, 2.24) is 24.9 Å². The van der Waals surface area contributed by atoms with Crippen molar-refractivity contribution in [3.8, 4) is 0 Å². The molecule has 1 atom stereocenters. The zero-order valence-electron chi connectivity index (χ0n) is 19.5. The van der Waals surface area contributed by atoms with Gasteiger partial charge in [0.25, 0.3) is 0 Å². The average molecular weight is 424 g/mol. The van der Waals surface area contributed by atoms with Gasteiger partial charge in [-0.15, -0.1) is 0 Å². The molecule has 6 nitrogen and oxygen atoms in total. The van der Waals surface area contributed by atoms with E-state index in [1.807, 2.05) is 4.68 Å². The number of hydrogen-bond donors (Lipinski definition) is 1. The first-order valence-electron chi connectivity index (χ1n) is 11.7. The molecule has 1 amide bonds. The highest BCUT2D eigenvalue weighted by molar-refractivity contribution is 5.80. The number of likely N-dealkylation sites (tertiary alicyclic amines) is 2. The predicted octanol–water partition coefficient (Wildman–Crippen LogP) is 2.92. The maximum atomic E-state index is 13.1. The predicted molar refractivity (Wildman–Crippen MR) is 123 cm³/mol. The van der Waals surface area contributed by atoms with Crippen molar-refractivity contribution >= 4 is 5.91 Å². The summed E-state index contributed by atoms with van der Waals surface area (Å²) in [6.45, 7) is 15.8. The van der Waals surface area contributed by atoms with E-state index in [0.717, 1.165) is 58.1 Å². The molecule has 0 radical (unpaired) electrons. The van der Waals surface area contributed by atoms with E-state index in [9.17, 15) is 4.79 Å². The van der Waals surface area contributed by atoms with E-state index in [1.165, 1.54) is 11.1 Å². The third-order valence-electron chi connectivity index (χ3n) is 6.81. The van der Waals surface area contributed by atoms with E-state index in [-0.39, 0.29) is 17.2 Å². The average Bonchev–Trinajstić information content (AvgIpc) is 3.27. The van der Waals surface area contributed by atoms with Crippen LogP contribution in [0.2, 0.25) is 0 Å². The van der Waals surface area contributed by atoms with Gasteiger partial charge in [0.15, 0.2) is 0 Å². The molecule has 1 aromatic heterocycles. The van der Waals surface area contributed by atoms with Gasteiger partial charge in [-0.2, -0.15) is 5.10 Å². The molecule has 0 aliphatic carbocycles. The summed E-state index contributed by atoms with van der Waals surface area (Å²) in [5.74, 6) is 0.766. The quantitative estimate of drug-likeness (QED) is 0.709.